The summed E-state index contributed by atoms with van der Waals surface area (Å²) in [5.74, 6) is 1.16. The summed E-state index contributed by atoms with van der Waals surface area (Å²) in [5.41, 5.74) is 0.939. The molecule has 2 aliphatic rings. The van der Waals surface area contributed by atoms with Crippen molar-refractivity contribution < 1.29 is 18.3 Å². The smallest absolute Gasteiger partial charge is 0.272 e. The summed E-state index contributed by atoms with van der Waals surface area (Å²) in [6, 6.07) is 7.43. The molecule has 0 saturated carbocycles. The normalized spacial score (nSPS) is 25.0. The number of rotatable bonds is 6. The standard InChI is InChI=1S/C17H23F2N3O2.HI/c1-20-17(22-14-8-13-5-6-15(14)24-13)21-9-11-3-2-4-12(7-11)23-10-16(18)19;/h2-4,7,13-16H,5-6,8-10H2,1H3,(H2,20,21,22);1H. The third-order valence-corrected chi connectivity index (χ3v) is 4.39. The van der Waals surface area contributed by atoms with Crippen molar-refractivity contribution in [1.82, 2.24) is 10.6 Å². The van der Waals surface area contributed by atoms with E-state index in [0.29, 0.717) is 24.4 Å². The number of guanidine groups is 1. The first-order valence-corrected chi connectivity index (χ1v) is 8.26. The van der Waals surface area contributed by atoms with Gasteiger partial charge in [-0.25, -0.2) is 8.78 Å². The van der Waals surface area contributed by atoms with Gasteiger partial charge in [0.25, 0.3) is 6.43 Å². The van der Waals surface area contributed by atoms with E-state index in [2.05, 4.69) is 15.6 Å². The summed E-state index contributed by atoms with van der Waals surface area (Å²) < 4.78 is 35.3. The molecule has 3 unspecified atom stereocenters. The molecule has 5 nitrogen and oxygen atoms in total. The lowest BCUT2D eigenvalue weighted by Crippen LogP contribution is -2.47. The molecule has 2 fully saturated rings. The number of hydrogen-bond acceptors (Lipinski definition) is 3. The van der Waals surface area contributed by atoms with E-state index in [9.17, 15) is 8.78 Å². The van der Waals surface area contributed by atoms with Crippen LogP contribution in [0, 0.1) is 0 Å². The van der Waals surface area contributed by atoms with Crippen molar-refractivity contribution in [3.8, 4) is 5.75 Å². The van der Waals surface area contributed by atoms with Gasteiger partial charge >= 0.3 is 0 Å². The summed E-state index contributed by atoms with van der Waals surface area (Å²) in [4.78, 5) is 4.24. The second-order valence-corrected chi connectivity index (χ2v) is 6.14. The van der Waals surface area contributed by atoms with E-state index >= 15 is 0 Å². The Balaban J connectivity index is 0.00000225. The molecule has 8 heteroatoms. The maximum absolute atomic E-state index is 12.2. The molecule has 2 heterocycles. The number of ether oxygens (including phenoxy) is 2. The van der Waals surface area contributed by atoms with Crippen molar-refractivity contribution in [3.05, 3.63) is 29.8 Å². The number of benzene rings is 1. The summed E-state index contributed by atoms with van der Waals surface area (Å²) in [6.07, 6.45) is 1.46. The Kier molecular flexibility index (Phi) is 7.67. The van der Waals surface area contributed by atoms with E-state index in [0.717, 1.165) is 30.8 Å². The predicted molar refractivity (Wildman–Crippen MR) is 103 cm³/mol. The van der Waals surface area contributed by atoms with Gasteiger partial charge in [0.05, 0.1) is 18.2 Å². The molecule has 25 heavy (non-hydrogen) atoms. The van der Waals surface area contributed by atoms with E-state index < -0.39 is 13.0 Å². The Labute approximate surface area is 163 Å². The quantitative estimate of drug-likeness (QED) is 0.384. The van der Waals surface area contributed by atoms with E-state index in [4.69, 9.17) is 9.47 Å². The van der Waals surface area contributed by atoms with Crippen LogP contribution in [0.2, 0.25) is 0 Å². The molecular weight excluding hydrogens is 443 g/mol. The van der Waals surface area contributed by atoms with Crippen molar-refractivity contribution >= 4 is 29.9 Å². The number of halogens is 3. The average molecular weight is 467 g/mol. The van der Waals surface area contributed by atoms with Gasteiger partial charge in [-0.2, -0.15) is 0 Å². The monoisotopic (exact) mass is 467 g/mol. The van der Waals surface area contributed by atoms with Crippen LogP contribution < -0.4 is 15.4 Å². The van der Waals surface area contributed by atoms with Crippen LogP contribution in [0.1, 0.15) is 24.8 Å². The van der Waals surface area contributed by atoms with Gasteiger partial charge in [-0.05, 0) is 37.0 Å². The van der Waals surface area contributed by atoms with E-state index in [1.807, 2.05) is 6.07 Å². The van der Waals surface area contributed by atoms with Crippen LogP contribution in [-0.4, -0.2) is 44.3 Å². The van der Waals surface area contributed by atoms with Crippen LogP contribution in [0.15, 0.2) is 29.3 Å². The lowest BCUT2D eigenvalue weighted by molar-refractivity contribution is 0.0818. The van der Waals surface area contributed by atoms with Crippen LogP contribution in [-0.2, 0) is 11.3 Å². The summed E-state index contributed by atoms with van der Waals surface area (Å²) in [6.45, 7) is -0.0580. The topological polar surface area (TPSA) is 54.9 Å². The molecule has 3 atom stereocenters. The van der Waals surface area contributed by atoms with Gasteiger partial charge in [-0.15, -0.1) is 24.0 Å². The fourth-order valence-corrected chi connectivity index (χ4v) is 3.25. The van der Waals surface area contributed by atoms with E-state index in [1.165, 1.54) is 0 Å². The molecule has 0 amide bonds. The van der Waals surface area contributed by atoms with Gasteiger partial charge in [0.2, 0.25) is 0 Å². The van der Waals surface area contributed by atoms with Gasteiger partial charge in [0.1, 0.15) is 12.4 Å². The minimum Gasteiger partial charge on any atom is -0.488 e. The largest absolute Gasteiger partial charge is 0.488 e. The highest BCUT2D eigenvalue weighted by molar-refractivity contribution is 14.0. The van der Waals surface area contributed by atoms with Gasteiger partial charge in [-0.1, -0.05) is 12.1 Å². The van der Waals surface area contributed by atoms with Crippen molar-refractivity contribution in [2.75, 3.05) is 13.7 Å². The Hall–Kier alpha value is -1.16. The maximum Gasteiger partial charge on any atom is 0.272 e. The van der Waals surface area contributed by atoms with Crippen molar-refractivity contribution in [2.45, 2.75) is 50.5 Å². The minimum absolute atomic E-state index is 0. The first-order valence-electron chi connectivity index (χ1n) is 8.26. The molecule has 2 saturated heterocycles. The summed E-state index contributed by atoms with van der Waals surface area (Å²) in [5, 5.41) is 6.65. The Morgan fingerprint density at radius 3 is 2.88 bits per heavy atom. The zero-order chi connectivity index (χ0) is 16.9. The zero-order valence-corrected chi connectivity index (χ0v) is 16.4. The fraction of sp³-hybridized carbons (Fsp3) is 0.588. The Morgan fingerprint density at radius 2 is 2.24 bits per heavy atom. The van der Waals surface area contributed by atoms with Crippen LogP contribution in [0.3, 0.4) is 0 Å². The number of nitrogens with zero attached hydrogens (tertiary/aromatic N) is 1. The third-order valence-electron chi connectivity index (χ3n) is 4.39. The minimum atomic E-state index is -2.47. The highest BCUT2D eigenvalue weighted by atomic mass is 127. The highest BCUT2D eigenvalue weighted by Crippen LogP contribution is 2.34. The number of alkyl halides is 2. The van der Waals surface area contributed by atoms with Crippen molar-refractivity contribution in [3.63, 3.8) is 0 Å². The van der Waals surface area contributed by atoms with Gasteiger partial charge in [0, 0.05) is 13.6 Å². The molecule has 0 aromatic heterocycles. The van der Waals surface area contributed by atoms with Crippen LogP contribution >= 0.6 is 24.0 Å². The van der Waals surface area contributed by atoms with Gasteiger partial charge < -0.3 is 20.1 Å². The van der Waals surface area contributed by atoms with Crippen molar-refractivity contribution in [1.29, 1.82) is 0 Å². The first kappa shape index (κ1) is 20.2. The molecule has 0 radical (unpaired) electrons. The summed E-state index contributed by atoms with van der Waals surface area (Å²) in [7, 11) is 1.73. The molecule has 2 aliphatic heterocycles. The number of aliphatic imine (C=N–C) groups is 1. The Bertz CT molecular complexity index is 589. The molecular formula is C17H24F2IN3O2. The molecule has 3 rings (SSSR count). The molecule has 0 spiro atoms. The van der Waals surface area contributed by atoms with Crippen LogP contribution in [0.5, 0.6) is 5.75 Å². The Morgan fingerprint density at radius 1 is 1.40 bits per heavy atom. The second kappa shape index (κ2) is 9.51. The number of hydrogen-bond donors (Lipinski definition) is 2. The van der Waals surface area contributed by atoms with Gasteiger partial charge in [0.15, 0.2) is 5.96 Å². The van der Waals surface area contributed by atoms with Crippen molar-refractivity contribution in [2.24, 2.45) is 4.99 Å². The van der Waals surface area contributed by atoms with E-state index in [-0.39, 0.29) is 30.1 Å². The molecule has 140 valence electrons. The second-order valence-electron chi connectivity index (χ2n) is 6.14. The molecule has 2 bridgehead atoms. The lowest BCUT2D eigenvalue weighted by Gasteiger charge is -2.22. The predicted octanol–water partition coefficient (Wildman–Crippen LogP) is 2.93. The lowest BCUT2D eigenvalue weighted by atomic mass is 9.96. The van der Waals surface area contributed by atoms with E-state index in [1.54, 1.807) is 25.2 Å². The maximum atomic E-state index is 12.2. The molecule has 1 aromatic carbocycles. The average Bonchev–Trinajstić information content (AvgIpc) is 3.20. The van der Waals surface area contributed by atoms with Gasteiger partial charge in [-0.3, -0.25) is 4.99 Å². The number of nitrogens with one attached hydrogen (secondary N) is 2. The molecule has 0 aliphatic carbocycles. The first-order chi connectivity index (χ1) is 11.6. The zero-order valence-electron chi connectivity index (χ0n) is 14.1. The number of fused-ring (bicyclic) bond motifs is 2. The fourth-order valence-electron chi connectivity index (χ4n) is 3.25. The SMILES string of the molecule is CN=C(NCc1cccc(OCC(F)F)c1)NC1CC2CCC1O2.I. The molecule has 2 N–H and O–H groups in total. The molecule has 1 aromatic rings. The third kappa shape index (κ3) is 5.67. The van der Waals surface area contributed by atoms with Crippen LogP contribution in [0.25, 0.3) is 0 Å². The summed E-state index contributed by atoms with van der Waals surface area (Å²) >= 11 is 0. The highest BCUT2D eigenvalue weighted by Gasteiger charge is 2.41. The van der Waals surface area contributed by atoms with Crippen LogP contribution in [0.4, 0.5) is 8.78 Å².